The lowest BCUT2D eigenvalue weighted by Gasteiger charge is -2.25. The highest BCUT2D eigenvalue weighted by Crippen LogP contribution is 2.18. The minimum absolute atomic E-state index is 0.237. The Bertz CT molecular complexity index is 505. The van der Waals surface area contributed by atoms with Gasteiger partial charge in [0.25, 0.3) is 0 Å². The third kappa shape index (κ3) is 4.70. The number of ether oxygens (including phenoxy) is 1. The van der Waals surface area contributed by atoms with Gasteiger partial charge in [-0.1, -0.05) is 37.2 Å². The van der Waals surface area contributed by atoms with Gasteiger partial charge in [-0.2, -0.15) is 0 Å². The zero-order valence-corrected chi connectivity index (χ0v) is 13.0. The first kappa shape index (κ1) is 15.8. The number of rotatable bonds is 5. The maximum absolute atomic E-state index is 12.0. The fraction of sp³-hybridized carbons (Fsp3) is 0.500. The second-order valence-corrected chi connectivity index (χ2v) is 5.69. The predicted molar refractivity (Wildman–Crippen MR) is 87.5 cm³/mol. The van der Waals surface area contributed by atoms with Gasteiger partial charge in [0, 0.05) is 13.0 Å². The lowest BCUT2D eigenvalue weighted by Crippen LogP contribution is -2.36. The summed E-state index contributed by atoms with van der Waals surface area (Å²) in [7, 11) is 0. The maximum atomic E-state index is 12.0. The molecule has 1 heterocycles. The molecule has 0 bridgehead atoms. The molecule has 4 nitrogen and oxygen atoms in total. The van der Waals surface area contributed by atoms with Gasteiger partial charge >= 0.3 is 0 Å². The zero-order chi connectivity index (χ0) is 15.1. The molecule has 0 aliphatic carbocycles. The number of nitrogens with zero attached hydrogens (tertiary/aromatic N) is 1. The lowest BCUT2D eigenvalue weighted by atomic mass is 10.1. The Morgan fingerprint density at radius 2 is 2.00 bits per heavy atom. The van der Waals surface area contributed by atoms with E-state index in [9.17, 15) is 4.79 Å². The first-order valence-electron chi connectivity index (χ1n) is 7.48. The van der Waals surface area contributed by atoms with Crippen molar-refractivity contribution < 1.29 is 9.53 Å². The maximum Gasteiger partial charge on any atom is 0.222 e. The van der Waals surface area contributed by atoms with Crippen molar-refractivity contribution >= 4 is 23.1 Å². The summed E-state index contributed by atoms with van der Waals surface area (Å²) in [5, 5.41) is 0. The topological polar surface area (TPSA) is 55.6 Å². The Balaban J connectivity index is 1.88. The Kier molecular flexibility index (Phi) is 5.99. The van der Waals surface area contributed by atoms with Crippen molar-refractivity contribution in [1.29, 1.82) is 0 Å². The van der Waals surface area contributed by atoms with E-state index in [4.69, 9.17) is 22.7 Å². The molecule has 5 heteroatoms. The van der Waals surface area contributed by atoms with E-state index >= 15 is 0 Å². The van der Waals surface area contributed by atoms with Gasteiger partial charge in [-0.3, -0.25) is 4.79 Å². The van der Waals surface area contributed by atoms with Crippen molar-refractivity contribution in [2.75, 3.05) is 19.7 Å². The van der Waals surface area contributed by atoms with E-state index in [-0.39, 0.29) is 5.91 Å². The highest BCUT2D eigenvalue weighted by atomic mass is 32.1. The Morgan fingerprint density at radius 1 is 1.24 bits per heavy atom. The van der Waals surface area contributed by atoms with Crippen molar-refractivity contribution in [2.24, 2.45) is 5.73 Å². The largest absolute Gasteiger partial charge is 0.491 e. The van der Waals surface area contributed by atoms with Crippen molar-refractivity contribution in [3.8, 4) is 5.75 Å². The normalized spacial score (nSPS) is 16.2. The Labute approximate surface area is 131 Å². The quantitative estimate of drug-likeness (QED) is 0.849. The van der Waals surface area contributed by atoms with E-state index in [1.165, 1.54) is 6.42 Å². The van der Waals surface area contributed by atoms with Crippen molar-refractivity contribution in [3.63, 3.8) is 0 Å². The molecule has 1 saturated heterocycles. The molecule has 2 N–H and O–H groups in total. The SMILES string of the molecule is NC(=S)c1ccccc1OCCN1CCCCCCC1=O. The number of likely N-dealkylation sites (tertiary alicyclic amines) is 1. The fourth-order valence-electron chi connectivity index (χ4n) is 2.51. The standard InChI is InChI=1S/C16H22N2O2S/c17-16(21)13-7-4-5-8-14(13)20-12-11-18-10-6-2-1-3-9-15(18)19/h4-5,7-8H,1-3,6,9-12H2,(H2,17,21). The Hall–Kier alpha value is -1.62. The van der Waals surface area contributed by atoms with Gasteiger partial charge < -0.3 is 15.4 Å². The summed E-state index contributed by atoms with van der Waals surface area (Å²) in [4.78, 5) is 14.2. The number of thiocarbonyl (C=S) groups is 1. The molecule has 21 heavy (non-hydrogen) atoms. The zero-order valence-electron chi connectivity index (χ0n) is 12.2. The summed E-state index contributed by atoms with van der Waals surface area (Å²) < 4.78 is 5.76. The third-order valence-corrected chi connectivity index (χ3v) is 3.91. The fourth-order valence-corrected chi connectivity index (χ4v) is 2.68. The molecule has 114 valence electrons. The smallest absolute Gasteiger partial charge is 0.222 e. The van der Waals surface area contributed by atoms with Crippen LogP contribution in [0.2, 0.25) is 0 Å². The monoisotopic (exact) mass is 306 g/mol. The number of carbonyl (C=O) groups is 1. The van der Waals surface area contributed by atoms with E-state index < -0.39 is 0 Å². The summed E-state index contributed by atoms with van der Waals surface area (Å²) in [6.45, 7) is 1.91. The molecule has 0 saturated carbocycles. The van der Waals surface area contributed by atoms with Crippen LogP contribution in [0.3, 0.4) is 0 Å². The summed E-state index contributed by atoms with van der Waals surface area (Å²) in [6.07, 6.45) is 5.10. The van der Waals surface area contributed by atoms with E-state index in [2.05, 4.69) is 0 Å². The van der Waals surface area contributed by atoms with Crippen LogP contribution in [0.5, 0.6) is 5.75 Å². The summed E-state index contributed by atoms with van der Waals surface area (Å²) >= 11 is 5.01. The number of nitrogens with two attached hydrogens (primary N) is 1. The first-order chi connectivity index (χ1) is 10.2. The van der Waals surface area contributed by atoms with E-state index in [0.29, 0.717) is 30.3 Å². The predicted octanol–water partition coefficient (Wildman–Crippen LogP) is 2.49. The number of para-hydroxylation sites is 1. The molecule has 0 spiro atoms. The molecule has 1 aromatic carbocycles. The van der Waals surface area contributed by atoms with E-state index in [1.54, 1.807) is 0 Å². The molecule has 0 atom stereocenters. The van der Waals surface area contributed by atoms with Gasteiger partial charge in [-0.25, -0.2) is 0 Å². The highest BCUT2D eigenvalue weighted by Gasteiger charge is 2.15. The number of carbonyl (C=O) groups excluding carboxylic acids is 1. The molecule has 1 aliphatic rings. The van der Waals surface area contributed by atoms with Crippen LogP contribution in [0.1, 0.15) is 37.7 Å². The Morgan fingerprint density at radius 3 is 2.81 bits per heavy atom. The van der Waals surface area contributed by atoms with Crippen LogP contribution >= 0.6 is 12.2 Å². The van der Waals surface area contributed by atoms with E-state index in [1.807, 2.05) is 29.2 Å². The molecule has 1 fully saturated rings. The molecule has 0 aromatic heterocycles. The van der Waals surface area contributed by atoms with Crippen molar-refractivity contribution in [1.82, 2.24) is 4.90 Å². The molecule has 1 aromatic rings. The summed E-state index contributed by atoms with van der Waals surface area (Å²) in [5.74, 6) is 0.922. The minimum Gasteiger partial charge on any atom is -0.491 e. The molecular weight excluding hydrogens is 284 g/mol. The highest BCUT2D eigenvalue weighted by molar-refractivity contribution is 7.80. The van der Waals surface area contributed by atoms with Crippen molar-refractivity contribution in [3.05, 3.63) is 29.8 Å². The first-order valence-corrected chi connectivity index (χ1v) is 7.88. The number of amides is 1. The van der Waals surface area contributed by atoms with Crippen LogP contribution < -0.4 is 10.5 Å². The third-order valence-electron chi connectivity index (χ3n) is 3.69. The van der Waals surface area contributed by atoms with Gasteiger partial charge in [0.05, 0.1) is 12.1 Å². The second kappa shape index (κ2) is 7.98. The molecule has 2 rings (SSSR count). The molecule has 1 aliphatic heterocycles. The van der Waals surface area contributed by atoms with Crippen LogP contribution in [-0.4, -0.2) is 35.5 Å². The van der Waals surface area contributed by atoms with E-state index in [0.717, 1.165) is 31.4 Å². The molecule has 1 amide bonds. The van der Waals surface area contributed by atoms with Gasteiger partial charge in [-0.15, -0.1) is 0 Å². The van der Waals surface area contributed by atoms with Gasteiger partial charge in [0.15, 0.2) is 0 Å². The lowest BCUT2D eigenvalue weighted by molar-refractivity contribution is -0.132. The van der Waals surface area contributed by atoms with Crippen LogP contribution in [0, 0.1) is 0 Å². The average molecular weight is 306 g/mol. The second-order valence-electron chi connectivity index (χ2n) is 5.25. The molecule has 0 unspecified atom stereocenters. The average Bonchev–Trinajstić information content (AvgIpc) is 2.46. The van der Waals surface area contributed by atoms with Gasteiger partial charge in [-0.05, 0) is 25.0 Å². The number of hydrogen-bond donors (Lipinski definition) is 1. The number of benzene rings is 1. The van der Waals surface area contributed by atoms with Crippen LogP contribution in [0.25, 0.3) is 0 Å². The van der Waals surface area contributed by atoms with Crippen LogP contribution in [-0.2, 0) is 4.79 Å². The molecular formula is C16H22N2O2S. The van der Waals surface area contributed by atoms with Crippen molar-refractivity contribution in [2.45, 2.75) is 32.1 Å². The molecule has 0 radical (unpaired) electrons. The number of hydrogen-bond acceptors (Lipinski definition) is 3. The van der Waals surface area contributed by atoms with Gasteiger partial charge in [0.2, 0.25) is 5.91 Å². The van der Waals surface area contributed by atoms with Crippen LogP contribution in [0.4, 0.5) is 0 Å². The minimum atomic E-state index is 0.237. The van der Waals surface area contributed by atoms with Gasteiger partial charge in [0.1, 0.15) is 17.3 Å². The summed E-state index contributed by atoms with van der Waals surface area (Å²) in [6, 6.07) is 7.46. The van der Waals surface area contributed by atoms with Crippen LogP contribution in [0.15, 0.2) is 24.3 Å². The summed E-state index contributed by atoms with van der Waals surface area (Å²) in [5.41, 5.74) is 6.42.